The van der Waals surface area contributed by atoms with E-state index in [0.717, 1.165) is 17.7 Å². The Balaban J connectivity index is 1.84. The average Bonchev–Trinajstić information content (AvgIpc) is 3.02. The molecule has 0 spiro atoms. The zero-order valence-electron chi connectivity index (χ0n) is 12.0. The Kier molecular flexibility index (Phi) is 4.19. The van der Waals surface area contributed by atoms with Gasteiger partial charge in [0.2, 0.25) is 0 Å². The van der Waals surface area contributed by atoms with Crippen LogP contribution < -0.4 is 4.74 Å². The number of hydrogen-bond acceptors (Lipinski definition) is 3. The monoisotopic (exact) mass is 314 g/mol. The Bertz CT molecular complexity index is 802. The number of carbonyl (C=O) groups is 1. The highest BCUT2D eigenvalue weighted by Crippen LogP contribution is 2.31. The molecule has 0 aliphatic rings. The molecular formula is C18H12F2O3. The molecule has 1 heterocycles. The molecule has 116 valence electrons. The molecule has 0 atom stereocenters. The van der Waals surface area contributed by atoms with Crippen molar-refractivity contribution in [3.8, 4) is 17.1 Å². The fraction of sp³-hybridized carbons (Fsp3) is 0.0556. The van der Waals surface area contributed by atoms with E-state index >= 15 is 0 Å². The van der Waals surface area contributed by atoms with Gasteiger partial charge in [0.1, 0.15) is 29.8 Å². The minimum atomic E-state index is -0.820. The molecule has 3 aromatic rings. The van der Waals surface area contributed by atoms with Crippen LogP contribution in [-0.2, 0) is 6.61 Å². The first kappa shape index (κ1) is 15.0. The van der Waals surface area contributed by atoms with Crippen molar-refractivity contribution >= 4 is 6.29 Å². The second-order valence-corrected chi connectivity index (χ2v) is 4.86. The highest BCUT2D eigenvalue weighted by atomic mass is 19.1. The van der Waals surface area contributed by atoms with Crippen LogP contribution in [-0.4, -0.2) is 6.29 Å². The van der Waals surface area contributed by atoms with E-state index in [1.54, 1.807) is 0 Å². The smallest absolute Gasteiger partial charge is 0.185 e. The molecule has 0 radical (unpaired) electrons. The van der Waals surface area contributed by atoms with Crippen molar-refractivity contribution < 1.29 is 22.7 Å². The van der Waals surface area contributed by atoms with Crippen LogP contribution in [0, 0.1) is 11.6 Å². The minimum absolute atomic E-state index is 0.00297. The third-order valence-corrected chi connectivity index (χ3v) is 3.25. The average molecular weight is 314 g/mol. The maximum absolute atomic E-state index is 14.2. The molecular weight excluding hydrogens is 302 g/mol. The van der Waals surface area contributed by atoms with Crippen molar-refractivity contribution in [1.29, 1.82) is 0 Å². The lowest BCUT2D eigenvalue weighted by Gasteiger charge is -2.09. The van der Waals surface area contributed by atoms with E-state index in [2.05, 4.69) is 0 Å². The number of ether oxygens (including phenoxy) is 1. The van der Waals surface area contributed by atoms with Crippen LogP contribution in [0.1, 0.15) is 16.1 Å². The molecule has 0 bridgehead atoms. The van der Waals surface area contributed by atoms with Crippen LogP contribution in [0.5, 0.6) is 5.75 Å². The molecule has 0 saturated carbocycles. The Hall–Kier alpha value is -2.95. The third kappa shape index (κ3) is 3.29. The summed E-state index contributed by atoms with van der Waals surface area (Å²) in [4.78, 5) is 10.6. The summed E-state index contributed by atoms with van der Waals surface area (Å²) >= 11 is 0. The van der Waals surface area contributed by atoms with E-state index in [4.69, 9.17) is 9.15 Å². The quantitative estimate of drug-likeness (QED) is 0.645. The number of rotatable bonds is 5. The lowest BCUT2D eigenvalue weighted by molar-refractivity contribution is 0.110. The zero-order valence-corrected chi connectivity index (χ0v) is 12.0. The molecule has 3 rings (SSSR count). The van der Waals surface area contributed by atoms with Gasteiger partial charge < -0.3 is 9.15 Å². The van der Waals surface area contributed by atoms with Gasteiger partial charge in [-0.05, 0) is 17.7 Å². The minimum Gasteiger partial charge on any atom is -0.489 e. The van der Waals surface area contributed by atoms with E-state index in [9.17, 15) is 13.6 Å². The molecule has 5 heteroatoms. The summed E-state index contributed by atoms with van der Waals surface area (Å²) in [5, 5.41) is 0. The second kappa shape index (κ2) is 6.44. The summed E-state index contributed by atoms with van der Waals surface area (Å²) in [5.41, 5.74) is 0.559. The Morgan fingerprint density at radius 1 is 1.00 bits per heavy atom. The third-order valence-electron chi connectivity index (χ3n) is 3.25. The molecule has 0 amide bonds. The number of benzene rings is 2. The van der Waals surface area contributed by atoms with Crippen LogP contribution in [0.4, 0.5) is 8.78 Å². The summed E-state index contributed by atoms with van der Waals surface area (Å²) < 4.78 is 38.8. The van der Waals surface area contributed by atoms with Crippen LogP contribution in [0.15, 0.2) is 59.0 Å². The maximum Gasteiger partial charge on any atom is 0.185 e. The summed E-state index contributed by atoms with van der Waals surface area (Å²) in [6.45, 7) is 0.203. The van der Waals surface area contributed by atoms with E-state index in [1.165, 1.54) is 12.1 Å². The summed E-state index contributed by atoms with van der Waals surface area (Å²) in [5.74, 6) is -1.60. The lowest BCUT2D eigenvalue weighted by Crippen LogP contribution is -1.98. The SMILES string of the molecule is O=Cc1ccc(-c2c(F)cc(OCc3ccccc3)cc2F)o1. The normalized spacial score (nSPS) is 10.5. The van der Waals surface area contributed by atoms with E-state index in [-0.39, 0.29) is 29.4 Å². The van der Waals surface area contributed by atoms with Crippen LogP contribution >= 0.6 is 0 Å². The van der Waals surface area contributed by atoms with Gasteiger partial charge in [-0.15, -0.1) is 0 Å². The molecule has 3 nitrogen and oxygen atoms in total. The lowest BCUT2D eigenvalue weighted by atomic mass is 10.1. The fourth-order valence-corrected chi connectivity index (χ4v) is 2.16. The standard InChI is InChI=1S/C18H12F2O3/c19-15-8-14(22-11-12-4-2-1-3-5-12)9-16(20)18(15)17-7-6-13(10-21)23-17/h1-10H,11H2. The Morgan fingerprint density at radius 3 is 2.30 bits per heavy atom. The number of furan rings is 1. The zero-order chi connectivity index (χ0) is 16.2. The maximum atomic E-state index is 14.2. The first-order valence-electron chi connectivity index (χ1n) is 6.88. The molecule has 0 N–H and O–H groups in total. The van der Waals surface area contributed by atoms with Gasteiger partial charge in [0.05, 0.1) is 5.56 Å². The van der Waals surface area contributed by atoms with Crippen molar-refractivity contribution in [3.63, 3.8) is 0 Å². The fourth-order valence-electron chi connectivity index (χ4n) is 2.16. The van der Waals surface area contributed by atoms with Crippen LogP contribution in [0.2, 0.25) is 0 Å². The van der Waals surface area contributed by atoms with Gasteiger partial charge in [-0.1, -0.05) is 30.3 Å². The highest BCUT2D eigenvalue weighted by molar-refractivity contribution is 5.73. The van der Waals surface area contributed by atoms with Crippen molar-refractivity contribution in [3.05, 3.63) is 77.6 Å². The second-order valence-electron chi connectivity index (χ2n) is 4.86. The molecule has 23 heavy (non-hydrogen) atoms. The Labute approximate surface area is 131 Å². The van der Waals surface area contributed by atoms with Crippen LogP contribution in [0.3, 0.4) is 0 Å². The molecule has 0 fully saturated rings. The van der Waals surface area contributed by atoms with Gasteiger partial charge >= 0.3 is 0 Å². The predicted octanol–water partition coefficient (Wildman–Crippen LogP) is 4.62. The number of aldehydes is 1. The Morgan fingerprint density at radius 2 is 1.70 bits per heavy atom. The van der Waals surface area contributed by atoms with E-state index in [1.807, 2.05) is 30.3 Å². The topological polar surface area (TPSA) is 39.4 Å². The van der Waals surface area contributed by atoms with Gasteiger partial charge in [-0.3, -0.25) is 4.79 Å². The van der Waals surface area contributed by atoms with E-state index < -0.39 is 11.6 Å². The summed E-state index contributed by atoms with van der Waals surface area (Å²) in [7, 11) is 0. The van der Waals surface area contributed by atoms with Crippen molar-refractivity contribution in [2.75, 3.05) is 0 Å². The predicted molar refractivity (Wildman–Crippen MR) is 80.2 cm³/mol. The molecule has 2 aromatic carbocycles. The van der Waals surface area contributed by atoms with Gasteiger partial charge in [0.25, 0.3) is 0 Å². The van der Waals surface area contributed by atoms with Gasteiger partial charge in [0, 0.05) is 12.1 Å². The highest BCUT2D eigenvalue weighted by Gasteiger charge is 2.17. The van der Waals surface area contributed by atoms with Gasteiger partial charge in [0.15, 0.2) is 12.0 Å². The first-order chi connectivity index (χ1) is 11.2. The molecule has 1 aromatic heterocycles. The van der Waals surface area contributed by atoms with Gasteiger partial charge in [-0.25, -0.2) is 8.78 Å². The molecule has 0 unspecified atom stereocenters. The number of carbonyl (C=O) groups excluding carboxylic acids is 1. The van der Waals surface area contributed by atoms with Crippen molar-refractivity contribution in [2.45, 2.75) is 6.61 Å². The molecule has 0 aliphatic heterocycles. The first-order valence-corrected chi connectivity index (χ1v) is 6.88. The van der Waals surface area contributed by atoms with Gasteiger partial charge in [-0.2, -0.15) is 0 Å². The molecule has 0 aliphatic carbocycles. The van der Waals surface area contributed by atoms with Crippen LogP contribution in [0.25, 0.3) is 11.3 Å². The van der Waals surface area contributed by atoms with Crippen molar-refractivity contribution in [1.82, 2.24) is 0 Å². The number of halogens is 2. The summed E-state index contributed by atoms with van der Waals surface area (Å²) in [6.07, 6.45) is 0.469. The summed E-state index contributed by atoms with van der Waals surface area (Å²) in [6, 6.07) is 14.1. The number of hydrogen-bond donors (Lipinski definition) is 0. The largest absolute Gasteiger partial charge is 0.489 e. The van der Waals surface area contributed by atoms with E-state index in [0.29, 0.717) is 6.29 Å². The van der Waals surface area contributed by atoms with Crippen molar-refractivity contribution in [2.24, 2.45) is 0 Å². The molecule has 0 saturated heterocycles.